The number of aromatic nitrogens is 1. The summed E-state index contributed by atoms with van der Waals surface area (Å²) in [4.78, 5) is 56.2. The molecule has 3 atom stereocenters. The highest BCUT2D eigenvalue weighted by Crippen LogP contribution is 2.55. The van der Waals surface area contributed by atoms with Crippen LogP contribution in [0, 0.1) is 5.92 Å². The van der Waals surface area contributed by atoms with Crippen LogP contribution in [0.4, 0.5) is 11.4 Å². The third-order valence-electron chi connectivity index (χ3n) is 8.03. The Labute approximate surface area is 275 Å². The largest absolute Gasteiger partial charge is 0.497 e. The minimum atomic E-state index is -0.865. The number of anilines is 2. The number of carbonyl (C=O) groups excluding carboxylic acids is 3. The minimum Gasteiger partial charge on any atom is -0.497 e. The number of rotatable bonds is 6. The van der Waals surface area contributed by atoms with Gasteiger partial charge >= 0.3 is 4.87 Å². The second-order valence-corrected chi connectivity index (χ2v) is 13.5. The van der Waals surface area contributed by atoms with Crippen LogP contribution >= 0.6 is 46.3 Å². The number of thiazole rings is 1. The molecule has 0 aliphatic carbocycles. The number of amides is 3. The first-order chi connectivity index (χ1) is 21.7. The van der Waals surface area contributed by atoms with Crippen LogP contribution < -0.4 is 19.8 Å². The molecule has 0 radical (unpaired) electrons. The number of nitrogens with zero attached hydrogens (tertiary/aromatic N) is 2. The number of hydrogen-bond acceptors (Lipinski definition) is 7. The van der Waals surface area contributed by atoms with Crippen molar-refractivity contribution in [3.63, 3.8) is 0 Å². The van der Waals surface area contributed by atoms with E-state index in [9.17, 15) is 19.2 Å². The number of carbonyl (C=O) groups is 3. The number of methoxy groups -OCH3 is 1. The Kier molecular flexibility index (Phi) is 7.69. The SMILES string of the molecule is COc1ccc(N2C(=O)C3Sc4c(sc(=O)n4CC(=O)Nc4ccc5ccccc5c4)[C@H](c4cccc(Cl)c4Cl)C3C2=O)cc1. The van der Waals surface area contributed by atoms with Crippen molar-refractivity contribution in [1.29, 1.82) is 0 Å². The lowest BCUT2D eigenvalue weighted by Gasteiger charge is -2.31. The number of benzene rings is 4. The first-order valence-electron chi connectivity index (χ1n) is 13.9. The van der Waals surface area contributed by atoms with Gasteiger partial charge in [-0.2, -0.15) is 0 Å². The summed E-state index contributed by atoms with van der Waals surface area (Å²) in [5.41, 5.74) is 1.54. The smallest absolute Gasteiger partial charge is 0.308 e. The van der Waals surface area contributed by atoms with E-state index in [0.29, 0.717) is 32.6 Å². The number of nitrogens with one attached hydrogen (secondary N) is 1. The Morgan fingerprint density at radius 1 is 0.911 bits per heavy atom. The van der Waals surface area contributed by atoms with Gasteiger partial charge in [-0.25, -0.2) is 4.90 Å². The Morgan fingerprint density at radius 2 is 1.67 bits per heavy atom. The van der Waals surface area contributed by atoms with Gasteiger partial charge in [-0.05, 0) is 58.8 Å². The van der Waals surface area contributed by atoms with Crippen molar-refractivity contribution in [3.8, 4) is 5.75 Å². The molecule has 0 saturated carbocycles. The van der Waals surface area contributed by atoms with E-state index >= 15 is 0 Å². The molecule has 1 saturated heterocycles. The minimum absolute atomic E-state index is 0.241. The maximum absolute atomic E-state index is 14.1. The molecule has 1 fully saturated rings. The zero-order chi connectivity index (χ0) is 31.4. The second kappa shape index (κ2) is 11.7. The van der Waals surface area contributed by atoms with Gasteiger partial charge in [0, 0.05) is 16.5 Å². The van der Waals surface area contributed by atoms with E-state index in [-0.39, 0.29) is 21.5 Å². The van der Waals surface area contributed by atoms with Crippen molar-refractivity contribution in [2.45, 2.75) is 22.7 Å². The molecule has 8 nitrogen and oxygen atoms in total. The summed E-state index contributed by atoms with van der Waals surface area (Å²) in [5.74, 6) is -2.23. The van der Waals surface area contributed by atoms with E-state index in [1.54, 1.807) is 48.5 Å². The molecule has 4 aromatic carbocycles. The predicted octanol–water partition coefficient (Wildman–Crippen LogP) is 6.81. The second-order valence-electron chi connectivity index (χ2n) is 10.6. The first kappa shape index (κ1) is 29.6. The number of thioether (sulfide) groups is 1. The van der Waals surface area contributed by atoms with Gasteiger partial charge in [-0.15, -0.1) is 0 Å². The molecule has 1 aromatic heterocycles. The number of fused-ring (bicyclic) bond motifs is 3. The molecular weight excluding hydrogens is 653 g/mol. The normalized spacial score (nSPS) is 19.0. The van der Waals surface area contributed by atoms with Crippen molar-refractivity contribution in [2.75, 3.05) is 17.3 Å². The molecule has 7 rings (SSSR count). The van der Waals surface area contributed by atoms with Crippen LogP contribution in [0.1, 0.15) is 16.4 Å². The molecule has 2 aliphatic heterocycles. The molecule has 45 heavy (non-hydrogen) atoms. The monoisotopic (exact) mass is 675 g/mol. The van der Waals surface area contributed by atoms with Crippen LogP contribution in [-0.4, -0.2) is 34.6 Å². The van der Waals surface area contributed by atoms with Crippen molar-refractivity contribution >= 4 is 86.2 Å². The standard InChI is InChI=1S/C33H23Cl2N3O5S2/c1-43-21-13-11-20(12-14-21)38-30(40)26-25(22-7-4-8-23(34)27(22)35)29-32(44-28(26)31(38)41)37(33(42)45-29)16-24(39)36-19-10-9-17-5-2-3-6-18(17)15-19/h2-15,25-26,28H,16H2,1H3,(H,36,39)/t25-,26?,28?/m1/s1. The Hall–Kier alpha value is -4.09. The lowest BCUT2D eigenvalue weighted by atomic mass is 9.83. The quantitative estimate of drug-likeness (QED) is 0.199. The fraction of sp³-hybridized carbons (Fsp3) is 0.152. The summed E-state index contributed by atoms with van der Waals surface area (Å²) in [7, 11) is 1.53. The highest BCUT2D eigenvalue weighted by atomic mass is 35.5. The topological polar surface area (TPSA) is 97.7 Å². The number of hydrogen-bond donors (Lipinski definition) is 1. The van der Waals surface area contributed by atoms with Gasteiger partial charge in [-0.3, -0.25) is 23.7 Å². The summed E-state index contributed by atoms with van der Waals surface area (Å²) < 4.78 is 6.61. The van der Waals surface area contributed by atoms with E-state index in [1.165, 1.54) is 16.6 Å². The summed E-state index contributed by atoms with van der Waals surface area (Å²) in [6.45, 7) is -0.276. The van der Waals surface area contributed by atoms with Crippen LogP contribution in [-0.2, 0) is 20.9 Å². The third kappa shape index (κ3) is 5.11. The fourth-order valence-electron chi connectivity index (χ4n) is 5.95. The van der Waals surface area contributed by atoms with Gasteiger partial charge in [0.2, 0.25) is 17.7 Å². The third-order valence-corrected chi connectivity index (χ3v) is 11.5. The molecule has 3 heterocycles. The van der Waals surface area contributed by atoms with Crippen molar-refractivity contribution in [3.05, 3.63) is 115 Å². The summed E-state index contributed by atoms with van der Waals surface area (Å²) in [6, 6.07) is 25.2. The summed E-state index contributed by atoms with van der Waals surface area (Å²) in [5, 5.41) is 5.01. The fourth-order valence-corrected chi connectivity index (χ4v) is 9.14. The predicted molar refractivity (Wildman–Crippen MR) is 178 cm³/mol. The van der Waals surface area contributed by atoms with Crippen LogP contribution in [0.25, 0.3) is 10.8 Å². The van der Waals surface area contributed by atoms with Crippen molar-refractivity contribution in [1.82, 2.24) is 4.57 Å². The number of halogens is 2. The molecule has 0 spiro atoms. The van der Waals surface area contributed by atoms with E-state index in [0.717, 1.165) is 33.9 Å². The highest BCUT2D eigenvalue weighted by Gasteiger charge is 2.57. The Bertz CT molecular complexity index is 2080. The van der Waals surface area contributed by atoms with Crippen LogP contribution in [0.2, 0.25) is 10.0 Å². The Morgan fingerprint density at radius 3 is 2.42 bits per heavy atom. The molecule has 12 heteroatoms. The highest BCUT2D eigenvalue weighted by molar-refractivity contribution is 8.00. The number of ether oxygens (including phenoxy) is 1. The molecule has 226 valence electrons. The summed E-state index contributed by atoms with van der Waals surface area (Å²) >= 11 is 15.2. The van der Waals surface area contributed by atoms with Gasteiger partial charge in [-0.1, -0.05) is 88.8 Å². The van der Waals surface area contributed by atoms with E-state index in [1.807, 2.05) is 36.4 Å². The summed E-state index contributed by atoms with van der Waals surface area (Å²) in [6.07, 6.45) is 0. The molecule has 2 unspecified atom stereocenters. The van der Waals surface area contributed by atoms with E-state index < -0.39 is 34.8 Å². The van der Waals surface area contributed by atoms with Gasteiger partial charge < -0.3 is 10.1 Å². The van der Waals surface area contributed by atoms with E-state index in [2.05, 4.69) is 5.32 Å². The van der Waals surface area contributed by atoms with Gasteiger partial charge in [0.1, 0.15) is 17.5 Å². The van der Waals surface area contributed by atoms with Crippen LogP contribution in [0.5, 0.6) is 5.75 Å². The molecule has 3 amide bonds. The maximum atomic E-state index is 14.1. The average Bonchev–Trinajstić information content (AvgIpc) is 3.48. The maximum Gasteiger partial charge on any atom is 0.308 e. The van der Waals surface area contributed by atoms with Crippen LogP contribution in [0.3, 0.4) is 0 Å². The molecular formula is C33H23Cl2N3O5S2. The zero-order valence-electron chi connectivity index (χ0n) is 23.5. The molecule has 2 aliphatic rings. The molecule has 5 aromatic rings. The average molecular weight is 677 g/mol. The van der Waals surface area contributed by atoms with Gasteiger partial charge in [0.15, 0.2) is 0 Å². The molecule has 1 N–H and O–H groups in total. The first-order valence-corrected chi connectivity index (χ1v) is 16.3. The lowest BCUT2D eigenvalue weighted by Crippen LogP contribution is -2.33. The van der Waals surface area contributed by atoms with E-state index in [4.69, 9.17) is 27.9 Å². The van der Waals surface area contributed by atoms with Crippen molar-refractivity contribution in [2.24, 2.45) is 5.92 Å². The van der Waals surface area contributed by atoms with Gasteiger partial charge in [0.05, 0.1) is 33.8 Å². The molecule has 0 bridgehead atoms. The number of imide groups is 1. The van der Waals surface area contributed by atoms with Crippen molar-refractivity contribution < 1.29 is 19.1 Å². The van der Waals surface area contributed by atoms with Gasteiger partial charge in [0.25, 0.3) is 0 Å². The zero-order valence-corrected chi connectivity index (χ0v) is 26.7. The van der Waals surface area contributed by atoms with Crippen LogP contribution in [0.15, 0.2) is 94.7 Å². The Balaban J connectivity index is 1.27. The lowest BCUT2D eigenvalue weighted by molar-refractivity contribution is -0.122.